The highest BCUT2D eigenvalue weighted by Crippen LogP contribution is 1.80. The maximum absolute atomic E-state index is 4.94. The van der Waals surface area contributed by atoms with Gasteiger partial charge in [-0.25, -0.2) is 0 Å². The maximum Gasteiger partial charge on any atom is 0.191 e. The highest BCUT2D eigenvalue weighted by Gasteiger charge is 1.96. The molecule has 0 radical (unpaired) electrons. The van der Waals surface area contributed by atoms with Gasteiger partial charge in [-0.1, -0.05) is 0 Å². The standard InChI is InChI=1S/C10H24N4O.HI/c1-11-10(13-7-9-15-4)12-6-5-8-14(2)3;/h5-9H2,1-4H3,(H2,11,12,13);1H. The number of hydrogen-bond donors (Lipinski definition) is 2. The van der Waals surface area contributed by atoms with Crippen LogP contribution in [0.25, 0.3) is 0 Å². The molecule has 0 bridgehead atoms. The number of rotatable bonds is 7. The molecule has 0 atom stereocenters. The van der Waals surface area contributed by atoms with Gasteiger partial charge in [0.05, 0.1) is 6.61 Å². The average molecular weight is 344 g/mol. The zero-order valence-electron chi connectivity index (χ0n) is 10.7. The van der Waals surface area contributed by atoms with Crippen molar-refractivity contribution in [3.05, 3.63) is 0 Å². The minimum absolute atomic E-state index is 0. The van der Waals surface area contributed by atoms with E-state index < -0.39 is 0 Å². The quantitative estimate of drug-likeness (QED) is 0.303. The first-order valence-corrected chi connectivity index (χ1v) is 5.29. The minimum Gasteiger partial charge on any atom is -0.383 e. The predicted octanol–water partition coefficient (Wildman–Crippen LogP) is 0.367. The van der Waals surface area contributed by atoms with E-state index >= 15 is 0 Å². The molecule has 0 aliphatic carbocycles. The molecule has 0 unspecified atom stereocenters. The Morgan fingerprint density at radius 1 is 1.25 bits per heavy atom. The molecule has 0 spiro atoms. The number of ether oxygens (including phenoxy) is 1. The van der Waals surface area contributed by atoms with Crippen molar-refractivity contribution in [3.63, 3.8) is 0 Å². The summed E-state index contributed by atoms with van der Waals surface area (Å²) in [7, 11) is 7.61. The van der Waals surface area contributed by atoms with Crippen molar-refractivity contribution in [1.82, 2.24) is 15.5 Å². The van der Waals surface area contributed by atoms with Gasteiger partial charge < -0.3 is 20.3 Å². The van der Waals surface area contributed by atoms with Crippen LogP contribution < -0.4 is 10.6 Å². The Hall–Kier alpha value is -0.0800. The average Bonchev–Trinajstić information content (AvgIpc) is 2.21. The Kier molecular flexibility index (Phi) is 14.8. The summed E-state index contributed by atoms with van der Waals surface area (Å²) in [5.74, 6) is 0.839. The highest BCUT2D eigenvalue weighted by atomic mass is 127. The smallest absolute Gasteiger partial charge is 0.191 e. The monoisotopic (exact) mass is 344 g/mol. The van der Waals surface area contributed by atoms with Crippen LogP contribution in [0.15, 0.2) is 4.99 Å². The van der Waals surface area contributed by atoms with Gasteiger partial charge in [0, 0.05) is 27.2 Å². The summed E-state index contributed by atoms with van der Waals surface area (Å²) in [6.07, 6.45) is 1.11. The summed E-state index contributed by atoms with van der Waals surface area (Å²) < 4.78 is 4.94. The number of halogens is 1. The zero-order valence-corrected chi connectivity index (χ0v) is 13.1. The van der Waals surface area contributed by atoms with Gasteiger partial charge in [-0.2, -0.15) is 0 Å². The second-order valence-corrected chi connectivity index (χ2v) is 3.58. The van der Waals surface area contributed by atoms with Gasteiger partial charge in [0.25, 0.3) is 0 Å². The van der Waals surface area contributed by atoms with Crippen LogP contribution in [-0.4, -0.2) is 65.4 Å². The number of hydrogen-bond acceptors (Lipinski definition) is 3. The third-order valence-electron chi connectivity index (χ3n) is 1.90. The minimum atomic E-state index is 0. The topological polar surface area (TPSA) is 48.9 Å². The lowest BCUT2D eigenvalue weighted by Gasteiger charge is -2.13. The van der Waals surface area contributed by atoms with Gasteiger partial charge in [0.15, 0.2) is 5.96 Å². The van der Waals surface area contributed by atoms with Crippen LogP contribution in [0.1, 0.15) is 6.42 Å². The van der Waals surface area contributed by atoms with Crippen LogP contribution in [0.3, 0.4) is 0 Å². The largest absolute Gasteiger partial charge is 0.383 e. The fourth-order valence-corrected chi connectivity index (χ4v) is 1.09. The fraction of sp³-hybridized carbons (Fsp3) is 0.900. The van der Waals surface area contributed by atoms with E-state index in [1.54, 1.807) is 14.2 Å². The van der Waals surface area contributed by atoms with Gasteiger partial charge in [-0.15, -0.1) is 24.0 Å². The lowest BCUT2D eigenvalue weighted by atomic mass is 10.4. The highest BCUT2D eigenvalue weighted by molar-refractivity contribution is 14.0. The van der Waals surface area contributed by atoms with Crippen molar-refractivity contribution in [2.45, 2.75) is 6.42 Å². The molecule has 0 saturated heterocycles. The van der Waals surface area contributed by atoms with E-state index in [0.717, 1.165) is 32.0 Å². The van der Waals surface area contributed by atoms with Crippen LogP contribution in [-0.2, 0) is 4.74 Å². The molecule has 0 amide bonds. The van der Waals surface area contributed by atoms with E-state index in [1.165, 1.54) is 0 Å². The Morgan fingerprint density at radius 2 is 1.88 bits per heavy atom. The Morgan fingerprint density at radius 3 is 2.38 bits per heavy atom. The van der Waals surface area contributed by atoms with E-state index in [2.05, 4.69) is 34.6 Å². The summed E-state index contributed by atoms with van der Waals surface area (Å²) in [4.78, 5) is 6.27. The van der Waals surface area contributed by atoms with Crippen LogP contribution in [0.5, 0.6) is 0 Å². The van der Waals surface area contributed by atoms with Crippen LogP contribution in [0, 0.1) is 0 Å². The van der Waals surface area contributed by atoms with Crippen LogP contribution in [0.4, 0.5) is 0 Å². The molecule has 5 nitrogen and oxygen atoms in total. The van der Waals surface area contributed by atoms with E-state index in [4.69, 9.17) is 4.74 Å². The van der Waals surface area contributed by atoms with Crippen molar-refractivity contribution in [3.8, 4) is 0 Å². The summed E-state index contributed by atoms with van der Waals surface area (Å²) in [5, 5.41) is 6.40. The Bertz CT molecular complexity index is 176. The van der Waals surface area contributed by atoms with Gasteiger partial charge in [-0.3, -0.25) is 4.99 Å². The van der Waals surface area contributed by atoms with Crippen molar-refractivity contribution in [2.75, 3.05) is 54.5 Å². The molecule has 0 fully saturated rings. The molecule has 0 aliphatic heterocycles. The van der Waals surface area contributed by atoms with E-state index in [1.807, 2.05) is 0 Å². The molecular weight excluding hydrogens is 319 g/mol. The lowest BCUT2D eigenvalue weighted by molar-refractivity contribution is 0.203. The number of aliphatic imine (C=N–C) groups is 1. The number of nitrogens with one attached hydrogen (secondary N) is 2. The number of guanidine groups is 1. The number of nitrogens with zero attached hydrogens (tertiary/aromatic N) is 2. The molecule has 0 saturated carbocycles. The van der Waals surface area contributed by atoms with Crippen LogP contribution in [0.2, 0.25) is 0 Å². The van der Waals surface area contributed by atoms with E-state index in [9.17, 15) is 0 Å². The molecule has 6 heteroatoms. The molecule has 0 aliphatic rings. The Labute approximate surface area is 116 Å². The van der Waals surface area contributed by atoms with E-state index in [0.29, 0.717) is 6.61 Å². The second kappa shape index (κ2) is 13.0. The van der Waals surface area contributed by atoms with Crippen molar-refractivity contribution >= 4 is 29.9 Å². The Balaban J connectivity index is 0. The van der Waals surface area contributed by atoms with Gasteiger partial charge in [0.1, 0.15) is 0 Å². The molecule has 98 valence electrons. The fourth-order valence-electron chi connectivity index (χ4n) is 1.09. The predicted molar refractivity (Wildman–Crippen MR) is 79.8 cm³/mol. The summed E-state index contributed by atoms with van der Waals surface area (Å²) >= 11 is 0. The summed E-state index contributed by atoms with van der Waals surface area (Å²) in [6.45, 7) is 3.50. The summed E-state index contributed by atoms with van der Waals surface area (Å²) in [5.41, 5.74) is 0. The maximum atomic E-state index is 4.94. The van der Waals surface area contributed by atoms with Gasteiger partial charge >= 0.3 is 0 Å². The van der Waals surface area contributed by atoms with Crippen LogP contribution >= 0.6 is 24.0 Å². The van der Waals surface area contributed by atoms with Crippen molar-refractivity contribution in [2.24, 2.45) is 4.99 Å². The first-order valence-electron chi connectivity index (χ1n) is 5.29. The molecule has 0 aromatic rings. The SMILES string of the molecule is CN=C(NCCCN(C)C)NCCOC.I. The molecule has 0 rings (SSSR count). The molecule has 0 aromatic heterocycles. The van der Waals surface area contributed by atoms with Crippen molar-refractivity contribution in [1.29, 1.82) is 0 Å². The zero-order chi connectivity index (χ0) is 11.5. The molecule has 16 heavy (non-hydrogen) atoms. The molecular formula is C10H25IN4O. The third-order valence-corrected chi connectivity index (χ3v) is 1.90. The molecule has 2 N–H and O–H groups in total. The van der Waals surface area contributed by atoms with Crippen molar-refractivity contribution < 1.29 is 4.74 Å². The summed E-state index contributed by atoms with van der Waals surface area (Å²) in [6, 6.07) is 0. The van der Waals surface area contributed by atoms with Gasteiger partial charge in [-0.05, 0) is 27.1 Å². The van der Waals surface area contributed by atoms with E-state index in [-0.39, 0.29) is 24.0 Å². The number of methoxy groups -OCH3 is 1. The molecule has 0 heterocycles. The lowest BCUT2D eigenvalue weighted by Crippen LogP contribution is -2.39. The second-order valence-electron chi connectivity index (χ2n) is 3.58. The normalized spacial score (nSPS) is 11.2. The first-order chi connectivity index (χ1) is 7.20. The third kappa shape index (κ3) is 12.0. The van der Waals surface area contributed by atoms with Gasteiger partial charge in [0.2, 0.25) is 0 Å². The first kappa shape index (κ1) is 18.3. The molecule has 0 aromatic carbocycles.